The Morgan fingerprint density at radius 1 is 1.21 bits per heavy atom. The maximum atomic E-state index is 9.42. The minimum Gasteiger partial charge on any atom is -0.395 e. The van der Waals surface area contributed by atoms with Gasteiger partial charge in [0.2, 0.25) is 0 Å². The zero-order valence-corrected chi connectivity index (χ0v) is 9.15. The van der Waals surface area contributed by atoms with Gasteiger partial charge in [-0.1, -0.05) is 6.42 Å². The van der Waals surface area contributed by atoms with E-state index in [9.17, 15) is 5.11 Å². The fraction of sp³-hybridized carbons (Fsp3) is 1.00. The molecule has 0 bridgehead atoms. The maximum absolute atomic E-state index is 9.42. The van der Waals surface area contributed by atoms with Crippen LogP contribution in [0, 0.1) is 5.92 Å². The van der Waals surface area contributed by atoms with Gasteiger partial charge in [-0.15, -0.1) is 0 Å². The van der Waals surface area contributed by atoms with Crippen molar-refractivity contribution in [3.8, 4) is 0 Å². The number of likely N-dealkylation sites (N-methyl/N-ethyl adjacent to an activating group) is 1. The van der Waals surface area contributed by atoms with E-state index in [0.717, 1.165) is 32.1 Å². The van der Waals surface area contributed by atoms with Gasteiger partial charge in [0.25, 0.3) is 0 Å². The standard InChI is InChI=1S/C11H22N2O/c1-12-5-7-13(8-6-12)11(9-14)10-3-2-4-10/h10-11,14H,2-9H2,1H3. The van der Waals surface area contributed by atoms with Crippen LogP contribution in [0.15, 0.2) is 0 Å². The van der Waals surface area contributed by atoms with Crippen LogP contribution < -0.4 is 0 Å². The molecule has 3 heteroatoms. The Labute approximate surface area is 86.7 Å². The van der Waals surface area contributed by atoms with Gasteiger partial charge >= 0.3 is 0 Å². The summed E-state index contributed by atoms with van der Waals surface area (Å²) in [7, 11) is 2.18. The topological polar surface area (TPSA) is 26.7 Å². The van der Waals surface area contributed by atoms with Crippen LogP contribution in [0.4, 0.5) is 0 Å². The lowest BCUT2D eigenvalue weighted by Crippen LogP contribution is -2.53. The largest absolute Gasteiger partial charge is 0.395 e. The van der Waals surface area contributed by atoms with Gasteiger partial charge in [0.15, 0.2) is 0 Å². The molecule has 2 aliphatic rings. The summed E-state index contributed by atoms with van der Waals surface area (Å²) in [6.07, 6.45) is 4.03. The molecule has 0 radical (unpaired) electrons. The van der Waals surface area contributed by atoms with Crippen molar-refractivity contribution in [1.82, 2.24) is 9.80 Å². The highest BCUT2D eigenvalue weighted by atomic mass is 16.3. The van der Waals surface area contributed by atoms with Gasteiger partial charge in [0.1, 0.15) is 0 Å². The molecule has 0 aromatic heterocycles. The third-order valence-corrected chi connectivity index (χ3v) is 3.89. The summed E-state index contributed by atoms with van der Waals surface area (Å²) >= 11 is 0. The van der Waals surface area contributed by atoms with Crippen molar-refractivity contribution in [2.45, 2.75) is 25.3 Å². The number of nitrogens with zero attached hydrogens (tertiary/aromatic N) is 2. The lowest BCUT2D eigenvalue weighted by atomic mass is 9.79. The second-order valence-electron chi connectivity index (χ2n) is 4.78. The Bertz CT molecular complexity index is 174. The third-order valence-electron chi connectivity index (χ3n) is 3.89. The summed E-state index contributed by atoms with van der Waals surface area (Å²) < 4.78 is 0. The quantitative estimate of drug-likeness (QED) is 0.711. The molecule has 0 spiro atoms. The molecule has 14 heavy (non-hydrogen) atoms. The van der Waals surface area contributed by atoms with E-state index in [1.165, 1.54) is 19.3 Å². The van der Waals surface area contributed by atoms with Crippen LogP contribution in [0.3, 0.4) is 0 Å². The summed E-state index contributed by atoms with van der Waals surface area (Å²) in [5, 5.41) is 9.42. The Morgan fingerprint density at radius 3 is 2.29 bits per heavy atom. The first-order valence-electron chi connectivity index (χ1n) is 5.84. The fourth-order valence-electron chi connectivity index (χ4n) is 2.54. The first kappa shape index (κ1) is 10.4. The molecule has 2 rings (SSSR count). The highest BCUT2D eigenvalue weighted by molar-refractivity contribution is 4.86. The fourth-order valence-corrected chi connectivity index (χ4v) is 2.54. The Kier molecular flexibility index (Phi) is 3.42. The van der Waals surface area contributed by atoms with Gasteiger partial charge in [0.05, 0.1) is 6.61 Å². The Balaban J connectivity index is 1.84. The molecule has 0 aromatic carbocycles. The van der Waals surface area contributed by atoms with Crippen LogP contribution in [0.5, 0.6) is 0 Å². The van der Waals surface area contributed by atoms with E-state index < -0.39 is 0 Å². The van der Waals surface area contributed by atoms with E-state index >= 15 is 0 Å². The first-order chi connectivity index (χ1) is 6.81. The molecule has 0 amide bonds. The van der Waals surface area contributed by atoms with E-state index in [0.29, 0.717) is 12.6 Å². The third kappa shape index (κ3) is 2.10. The average molecular weight is 198 g/mol. The van der Waals surface area contributed by atoms with E-state index in [-0.39, 0.29) is 0 Å². The predicted molar refractivity (Wildman–Crippen MR) is 57.3 cm³/mol. The van der Waals surface area contributed by atoms with Crippen LogP contribution in [0.1, 0.15) is 19.3 Å². The number of aliphatic hydroxyl groups is 1. The maximum Gasteiger partial charge on any atom is 0.0589 e. The highest BCUT2D eigenvalue weighted by Gasteiger charge is 2.32. The van der Waals surface area contributed by atoms with E-state index in [1.807, 2.05) is 0 Å². The normalized spacial score (nSPS) is 28.7. The van der Waals surface area contributed by atoms with Crippen molar-refractivity contribution < 1.29 is 5.11 Å². The molecule has 1 saturated carbocycles. The van der Waals surface area contributed by atoms with Crippen molar-refractivity contribution in [3.63, 3.8) is 0 Å². The smallest absolute Gasteiger partial charge is 0.0589 e. The van der Waals surface area contributed by atoms with Crippen molar-refractivity contribution in [2.75, 3.05) is 39.8 Å². The Hall–Kier alpha value is -0.120. The zero-order chi connectivity index (χ0) is 9.97. The van der Waals surface area contributed by atoms with E-state index in [2.05, 4.69) is 16.8 Å². The van der Waals surface area contributed by atoms with E-state index in [4.69, 9.17) is 0 Å². The molecule has 1 atom stereocenters. The van der Waals surface area contributed by atoms with Crippen molar-refractivity contribution in [3.05, 3.63) is 0 Å². The van der Waals surface area contributed by atoms with E-state index in [1.54, 1.807) is 0 Å². The lowest BCUT2D eigenvalue weighted by Gasteiger charge is -2.43. The summed E-state index contributed by atoms with van der Waals surface area (Å²) in [6.45, 7) is 4.94. The molecular formula is C11H22N2O. The molecule has 1 aliphatic carbocycles. The predicted octanol–water partition coefficient (Wildman–Crippen LogP) is 0.395. The molecule has 3 nitrogen and oxygen atoms in total. The molecule has 2 fully saturated rings. The SMILES string of the molecule is CN1CCN(C(CO)C2CCC2)CC1. The Morgan fingerprint density at radius 2 is 1.86 bits per heavy atom. The number of hydrogen-bond acceptors (Lipinski definition) is 3. The van der Waals surface area contributed by atoms with Gasteiger partial charge in [-0.2, -0.15) is 0 Å². The summed E-state index contributed by atoms with van der Waals surface area (Å²) in [5.41, 5.74) is 0. The van der Waals surface area contributed by atoms with Gasteiger partial charge in [-0.3, -0.25) is 4.90 Å². The number of hydrogen-bond donors (Lipinski definition) is 1. The number of aliphatic hydroxyl groups excluding tert-OH is 1. The number of piperazine rings is 1. The van der Waals surface area contributed by atoms with Crippen molar-refractivity contribution in [2.24, 2.45) is 5.92 Å². The molecular weight excluding hydrogens is 176 g/mol. The monoisotopic (exact) mass is 198 g/mol. The van der Waals surface area contributed by atoms with Gasteiger partial charge in [0, 0.05) is 32.2 Å². The minimum atomic E-state index is 0.356. The average Bonchev–Trinajstić information content (AvgIpc) is 2.13. The van der Waals surface area contributed by atoms with Crippen LogP contribution in [0.2, 0.25) is 0 Å². The zero-order valence-electron chi connectivity index (χ0n) is 9.15. The van der Waals surface area contributed by atoms with Crippen molar-refractivity contribution >= 4 is 0 Å². The molecule has 1 saturated heterocycles. The van der Waals surface area contributed by atoms with Gasteiger partial charge in [-0.05, 0) is 25.8 Å². The number of rotatable bonds is 3. The molecule has 1 unspecified atom stereocenters. The van der Waals surface area contributed by atoms with Crippen molar-refractivity contribution in [1.29, 1.82) is 0 Å². The molecule has 0 aromatic rings. The van der Waals surface area contributed by atoms with Gasteiger partial charge < -0.3 is 10.0 Å². The lowest BCUT2D eigenvalue weighted by molar-refractivity contribution is 0.0206. The summed E-state index contributed by atoms with van der Waals surface area (Å²) in [5.74, 6) is 0.781. The van der Waals surface area contributed by atoms with Gasteiger partial charge in [-0.25, -0.2) is 0 Å². The molecule has 82 valence electrons. The molecule has 1 N–H and O–H groups in total. The summed E-state index contributed by atoms with van der Waals surface area (Å²) in [6, 6.07) is 0.456. The first-order valence-corrected chi connectivity index (χ1v) is 5.84. The summed E-state index contributed by atoms with van der Waals surface area (Å²) in [4.78, 5) is 4.86. The van der Waals surface area contributed by atoms with Crippen LogP contribution >= 0.6 is 0 Å². The van der Waals surface area contributed by atoms with Crippen LogP contribution in [-0.2, 0) is 0 Å². The molecule has 1 heterocycles. The second-order valence-corrected chi connectivity index (χ2v) is 4.78. The molecule has 1 aliphatic heterocycles. The van der Waals surface area contributed by atoms with Crippen LogP contribution in [0.25, 0.3) is 0 Å². The minimum absolute atomic E-state index is 0.356. The second kappa shape index (κ2) is 4.60. The van der Waals surface area contributed by atoms with Crippen LogP contribution in [-0.4, -0.2) is 60.8 Å². The highest BCUT2D eigenvalue weighted by Crippen LogP contribution is 2.32.